The molecular weight excluding hydrogens is 608 g/mol. The molecule has 0 N–H and O–H groups in total. The Bertz CT molecular complexity index is 1710. The summed E-state index contributed by atoms with van der Waals surface area (Å²) in [4.78, 5) is 46.1. The molecule has 4 saturated carbocycles. The lowest BCUT2D eigenvalue weighted by atomic mass is 9.61. The summed E-state index contributed by atoms with van der Waals surface area (Å²) >= 11 is 0. The van der Waals surface area contributed by atoms with Crippen molar-refractivity contribution in [3.63, 3.8) is 0 Å². The fraction of sp³-hybridized carbons (Fsp3) is 0.465. The van der Waals surface area contributed by atoms with Gasteiger partial charge in [-0.2, -0.15) is 0 Å². The molecule has 49 heavy (non-hydrogen) atoms. The van der Waals surface area contributed by atoms with Crippen LogP contribution in [0.2, 0.25) is 0 Å². The predicted molar refractivity (Wildman–Crippen MR) is 190 cm³/mol. The smallest absolute Gasteiger partial charge is 0.262 e. The van der Waals surface area contributed by atoms with Gasteiger partial charge in [-0.15, -0.1) is 5.76 Å². The number of para-hydroxylation sites is 2. The van der Waals surface area contributed by atoms with Gasteiger partial charge in [0, 0.05) is 28.9 Å². The van der Waals surface area contributed by atoms with E-state index in [1.165, 1.54) is 25.7 Å². The number of piperidine rings is 1. The summed E-state index contributed by atoms with van der Waals surface area (Å²) in [5.41, 5.74) is 2.13. The van der Waals surface area contributed by atoms with Crippen LogP contribution in [0.1, 0.15) is 77.0 Å². The molecule has 254 valence electrons. The van der Waals surface area contributed by atoms with Crippen molar-refractivity contribution in [2.45, 2.75) is 89.1 Å². The van der Waals surface area contributed by atoms with E-state index in [-0.39, 0.29) is 58.4 Å². The highest BCUT2D eigenvalue weighted by atomic mass is 16.3. The molecule has 6 aliphatic rings. The van der Waals surface area contributed by atoms with Crippen molar-refractivity contribution >= 4 is 29.0 Å². The van der Waals surface area contributed by atoms with Gasteiger partial charge < -0.3 is 14.9 Å². The number of carbonyl (C=O) groups is 3. The van der Waals surface area contributed by atoms with E-state index in [1.54, 1.807) is 30.4 Å². The Morgan fingerprint density at radius 1 is 0.571 bits per heavy atom. The molecule has 8 atom stereocenters. The first-order valence-electron chi connectivity index (χ1n) is 18.8. The Balaban J connectivity index is 1.07. The zero-order valence-corrected chi connectivity index (χ0v) is 28.3. The molecule has 0 aromatic heterocycles. The number of ketones is 1. The van der Waals surface area contributed by atoms with E-state index in [1.807, 2.05) is 70.5 Å². The zero-order chi connectivity index (χ0) is 33.5. The van der Waals surface area contributed by atoms with Gasteiger partial charge in [-0.05, 0) is 98.5 Å². The van der Waals surface area contributed by atoms with E-state index in [0.29, 0.717) is 23.7 Å². The van der Waals surface area contributed by atoms with Crippen molar-refractivity contribution in [1.29, 1.82) is 0 Å². The standard InChI is InChI=1S/C43H48N2O4/c46-40-34-26-24-28-14-10-12-20-32(28)38(34)44(30-16-4-1-5-17-30)42(48)36(40)22-8-3-9-23-37-41(47)35-27-25-29-15-11-13-21-33(29)39(35)45(43(37)49)31-18-6-2-7-19-31/h1-9,16-19,22-23,28-29,32-35,38-39,46H,10-15,20-21,24-27H2/p-1/b9-3+,22-8+,37-23-. The molecular formula is C43H47N2O4-. The third kappa shape index (κ3) is 5.71. The normalized spacial score (nSPS) is 34.3. The van der Waals surface area contributed by atoms with Gasteiger partial charge in [0.15, 0.2) is 5.78 Å². The van der Waals surface area contributed by atoms with Gasteiger partial charge in [0.1, 0.15) is 0 Å². The lowest BCUT2D eigenvalue weighted by molar-refractivity contribution is -0.320. The van der Waals surface area contributed by atoms with Gasteiger partial charge in [0.2, 0.25) is 0 Å². The Labute approximate surface area is 290 Å². The van der Waals surface area contributed by atoms with Crippen molar-refractivity contribution < 1.29 is 19.5 Å². The highest BCUT2D eigenvalue weighted by molar-refractivity contribution is 6.27. The number of benzene rings is 2. The molecule has 0 spiro atoms. The lowest BCUT2D eigenvalue weighted by Crippen LogP contribution is -2.60. The van der Waals surface area contributed by atoms with Gasteiger partial charge in [0.05, 0.1) is 11.6 Å². The van der Waals surface area contributed by atoms with Gasteiger partial charge >= 0.3 is 0 Å². The molecule has 5 fully saturated rings. The minimum absolute atomic E-state index is 0.0466. The molecule has 2 aliphatic heterocycles. The van der Waals surface area contributed by atoms with E-state index in [0.717, 1.165) is 62.7 Å². The second-order valence-electron chi connectivity index (χ2n) is 15.3. The van der Waals surface area contributed by atoms with Crippen molar-refractivity contribution in [3.8, 4) is 0 Å². The molecule has 0 radical (unpaired) electrons. The topological polar surface area (TPSA) is 80.7 Å². The highest BCUT2D eigenvalue weighted by Crippen LogP contribution is 2.51. The quantitative estimate of drug-likeness (QED) is 0.190. The number of fused-ring (bicyclic) bond motifs is 6. The molecule has 2 aromatic rings. The van der Waals surface area contributed by atoms with E-state index in [9.17, 15) is 19.5 Å². The van der Waals surface area contributed by atoms with Crippen LogP contribution in [0.25, 0.3) is 0 Å². The van der Waals surface area contributed by atoms with Gasteiger partial charge in [-0.25, -0.2) is 0 Å². The molecule has 2 amide bonds. The first-order valence-corrected chi connectivity index (χ1v) is 18.8. The molecule has 0 bridgehead atoms. The van der Waals surface area contributed by atoms with Crippen LogP contribution in [0.15, 0.2) is 108 Å². The Morgan fingerprint density at radius 2 is 1.10 bits per heavy atom. The van der Waals surface area contributed by atoms with Crippen LogP contribution >= 0.6 is 0 Å². The minimum atomic E-state index is -0.229. The van der Waals surface area contributed by atoms with Gasteiger partial charge in [-0.1, -0.05) is 99.2 Å². The molecule has 6 heteroatoms. The number of hydrogen-bond donors (Lipinski definition) is 0. The van der Waals surface area contributed by atoms with Crippen LogP contribution in [0.3, 0.4) is 0 Å². The SMILES string of the molecule is O=C1/C(=C/C=C/C=C/C2=C([O-])C3CCC4CCCCC4C3N(c3ccccc3)C2=O)C(=O)N(c2ccccc2)C2C1CCC1CCCCC12. The second-order valence-corrected chi connectivity index (χ2v) is 15.3. The highest BCUT2D eigenvalue weighted by Gasteiger charge is 2.53. The maximum absolute atomic E-state index is 14.2. The lowest BCUT2D eigenvalue weighted by Gasteiger charge is -2.54. The van der Waals surface area contributed by atoms with E-state index >= 15 is 0 Å². The zero-order valence-electron chi connectivity index (χ0n) is 28.3. The molecule has 2 aromatic carbocycles. The monoisotopic (exact) mass is 655 g/mol. The predicted octanol–water partition coefficient (Wildman–Crippen LogP) is 7.47. The summed E-state index contributed by atoms with van der Waals surface area (Å²) in [6.45, 7) is 0. The number of anilines is 2. The number of allylic oxidation sites excluding steroid dienone is 4. The van der Waals surface area contributed by atoms with Gasteiger partial charge in [-0.3, -0.25) is 14.4 Å². The van der Waals surface area contributed by atoms with E-state index in [4.69, 9.17) is 0 Å². The molecule has 8 unspecified atom stereocenters. The van der Waals surface area contributed by atoms with Crippen LogP contribution in [0.4, 0.5) is 11.4 Å². The number of amides is 2. The van der Waals surface area contributed by atoms with Crippen LogP contribution in [0, 0.1) is 35.5 Å². The van der Waals surface area contributed by atoms with E-state index in [2.05, 4.69) is 0 Å². The molecule has 8 rings (SSSR count). The van der Waals surface area contributed by atoms with Crippen LogP contribution < -0.4 is 14.9 Å². The Morgan fingerprint density at radius 3 is 1.71 bits per heavy atom. The second kappa shape index (κ2) is 13.6. The Kier molecular flexibility index (Phi) is 8.90. The van der Waals surface area contributed by atoms with Crippen molar-refractivity contribution in [1.82, 2.24) is 0 Å². The summed E-state index contributed by atoms with van der Waals surface area (Å²) in [6, 6.07) is 19.5. The molecule has 1 saturated heterocycles. The molecule has 6 nitrogen and oxygen atoms in total. The van der Waals surface area contributed by atoms with Crippen LogP contribution in [-0.4, -0.2) is 29.7 Å². The fourth-order valence-corrected chi connectivity index (χ4v) is 10.7. The maximum Gasteiger partial charge on any atom is 0.262 e. The third-order valence-corrected chi connectivity index (χ3v) is 12.9. The first kappa shape index (κ1) is 32.0. The van der Waals surface area contributed by atoms with Crippen molar-refractivity contribution in [2.24, 2.45) is 35.5 Å². The number of hydrogen-bond acceptors (Lipinski definition) is 4. The van der Waals surface area contributed by atoms with Crippen molar-refractivity contribution in [2.75, 3.05) is 9.80 Å². The van der Waals surface area contributed by atoms with Crippen molar-refractivity contribution in [3.05, 3.63) is 108 Å². The first-order chi connectivity index (χ1) is 24.0. The van der Waals surface area contributed by atoms with Crippen LogP contribution in [0.5, 0.6) is 0 Å². The van der Waals surface area contributed by atoms with E-state index < -0.39 is 0 Å². The summed E-state index contributed by atoms with van der Waals surface area (Å²) in [5.74, 6) is 0.909. The number of rotatable bonds is 5. The number of Topliss-reactive ketones (excluding diaryl/α,β-unsaturated/α-hetero) is 1. The summed E-state index contributed by atoms with van der Waals surface area (Å²) in [5, 5.41) is 14.0. The summed E-state index contributed by atoms with van der Waals surface area (Å²) in [6.07, 6.45) is 21.4. The molecule has 4 aliphatic carbocycles. The largest absolute Gasteiger partial charge is 0.875 e. The number of nitrogens with zero attached hydrogens (tertiary/aromatic N) is 2. The average molecular weight is 656 g/mol. The fourth-order valence-electron chi connectivity index (χ4n) is 10.7. The summed E-state index contributed by atoms with van der Waals surface area (Å²) in [7, 11) is 0. The molecule has 2 heterocycles. The number of carbonyl (C=O) groups excluding carboxylic acids is 3. The van der Waals surface area contributed by atoms with Crippen LogP contribution in [-0.2, 0) is 14.4 Å². The minimum Gasteiger partial charge on any atom is -0.875 e. The van der Waals surface area contributed by atoms with Gasteiger partial charge in [0.25, 0.3) is 11.8 Å². The maximum atomic E-state index is 14.2. The average Bonchev–Trinajstić information content (AvgIpc) is 3.14. The summed E-state index contributed by atoms with van der Waals surface area (Å²) < 4.78 is 0. The Hall–Kier alpha value is -4.19. The third-order valence-electron chi connectivity index (χ3n) is 12.9.